The molecule has 0 aliphatic rings. The van der Waals surface area contributed by atoms with E-state index in [0.717, 1.165) is 64.1 Å². The fraction of sp³-hybridized carbons (Fsp3) is 0.111. The maximum absolute atomic E-state index is 10.7. The first-order chi connectivity index (χ1) is 20.6. The fourth-order valence-electron chi connectivity index (χ4n) is 5.16. The van der Waals surface area contributed by atoms with Gasteiger partial charge in [-0.15, -0.1) is 47.0 Å². The first kappa shape index (κ1) is 30.0. The molecule has 0 spiro atoms. The molecule has 0 unspecified atom stereocenters. The molecule has 0 fully saturated rings. The van der Waals surface area contributed by atoms with Gasteiger partial charge in [0, 0.05) is 30.7 Å². The highest BCUT2D eigenvalue weighted by molar-refractivity contribution is 7.99. The molecule has 0 aliphatic heterocycles. The van der Waals surface area contributed by atoms with E-state index in [4.69, 9.17) is 0 Å². The van der Waals surface area contributed by atoms with Crippen molar-refractivity contribution in [3.63, 3.8) is 0 Å². The van der Waals surface area contributed by atoms with Gasteiger partial charge in [-0.3, -0.25) is 0 Å². The fourth-order valence-corrected chi connectivity index (χ4v) is 6.79. The monoisotopic (exact) mass is 616 g/mol. The van der Waals surface area contributed by atoms with Crippen LogP contribution in [0.15, 0.2) is 117 Å². The predicted molar refractivity (Wildman–Crippen MR) is 185 cm³/mol. The molecule has 0 heterocycles. The van der Waals surface area contributed by atoms with Crippen LogP contribution in [0.4, 0.5) is 0 Å². The number of rotatable bonds is 8. The third kappa shape index (κ3) is 5.87. The van der Waals surface area contributed by atoms with Crippen LogP contribution in [-0.4, -0.2) is 25.0 Å². The minimum absolute atomic E-state index is 0.395. The zero-order valence-corrected chi connectivity index (χ0v) is 27.0. The molecule has 5 aromatic rings. The summed E-state index contributed by atoms with van der Waals surface area (Å²) >= 11 is 6.75. The van der Waals surface area contributed by atoms with Crippen LogP contribution in [0.3, 0.4) is 0 Å². The summed E-state index contributed by atoms with van der Waals surface area (Å²) in [6.07, 6.45) is 8.24. The second-order valence-corrected chi connectivity index (χ2v) is 12.9. The first-order valence-electron chi connectivity index (χ1n) is 13.2. The molecule has 5 aromatic carbocycles. The Hall–Kier alpha value is -3.52. The lowest BCUT2D eigenvalue weighted by atomic mass is 9.77. The predicted octanol–water partition coefficient (Wildman–Crippen LogP) is 11.0. The van der Waals surface area contributed by atoms with E-state index < -0.39 is 0 Å². The summed E-state index contributed by atoms with van der Waals surface area (Å²) in [5.74, 6) is 0. The van der Waals surface area contributed by atoms with Crippen molar-refractivity contribution < 1.29 is 0 Å². The Morgan fingerprint density at radius 3 is 0.762 bits per heavy atom. The quantitative estimate of drug-likeness (QED) is 0.162. The van der Waals surface area contributed by atoms with Crippen molar-refractivity contribution in [1.29, 1.82) is 10.5 Å². The van der Waals surface area contributed by atoms with Gasteiger partial charge in [-0.1, -0.05) is 48.5 Å². The molecular formula is C36H28N2S4. The Morgan fingerprint density at radius 2 is 0.571 bits per heavy atom. The van der Waals surface area contributed by atoms with Gasteiger partial charge in [0.05, 0.1) is 11.1 Å². The number of hydrogen-bond acceptors (Lipinski definition) is 6. The van der Waals surface area contributed by atoms with Crippen molar-refractivity contribution >= 4 is 47.0 Å². The second kappa shape index (κ2) is 13.6. The Morgan fingerprint density at radius 1 is 0.357 bits per heavy atom. The lowest BCUT2D eigenvalue weighted by Crippen LogP contribution is -2.02. The van der Waals surface area contributed by atoms with Crippen molar-refractivity contribution in [2.24, 2.45) is 0 Å². The van der Waals surface area contributed by atoms with Crippen LogP contribution >= 0.6 is 47.0 Å². The number of thioether (sulfide) groups is 4. The molecule has 0 atom stereocenters. The van der Waals surface area contributed by atoms with Gasteiger partial charge in [0.25, 0.3) is 0 Å². The zero-order chi connectivity index (χ0) is 29.6. The van der Waals surface area contributed by atoms with E-state index in [1.54, 1.807) is 47.0 Å². The van der Waals surface area contributed by atoms with E-state index in [1.807, 2.05) is 0 Å². The minimum atomic E-state index is 0.395. The number of benzene rings is 5. The SMILES string of the molecule is CSc1ccc(-c2c(C#N)c(C#N)c(-c3ccc(SC)cc3)c(-c3ccc(SC)cc3)c2-c2ccc(SC)cc2)cc1. The van der Waals surface area contributed by atoms with Crippen LogP contribution in [0, 0.1) is 22.7 Å². The summed E-state index contributed by atoms with van der Waals surface area (Å²) in [7, 11) is 0. The molecule has 206 valence electrons. The van der Waals surface area contributed by atoms with Gasteiger partial charge >= 0.3 is 0 Å². The largest absolute Gasteiger partial charge is 0.192 e. The van der Waals surface area contributed by atoms with Gasteiger partial charge in [-0.2, -0.15) is 10.5 Å². The maximum atomic E-state index is 10.7. The molecule has 0 radical (unpaired) electrons. The van der Waals surface area contributed by atoms with Crippen molar-refractivity contribution in [3.05, 3.63) is 108 Å². The molecule has 2 nitrogen and oxygen atoms in total. The summed E-state index contributed by atoms with van der Waals surface area (Å²) < 4.78 is 0. The summed E-state index contributed by atoms with van der Waals surface area (Å²) in [4.78, 5) is 4.61. The van der Waals surface area contributed by atoms with E-state index in [0.29, 0.717) is 11.1 Å². The highest BCUT2D eigenvalue weighted by atomic mass is 32.2. The first-order valence-corrected chi connectivity index (χ1v) is 18.1. The molecule has 5 rings (SSSR count). The molecule has 0 saturated heterocycles. The Balaban J connectivity index is 2.01. The number of hydrogen-bond donors (Lipinski definition) is 0. The Kier molecular flexibility index (Phi) is 9.73. The maximum Gasteiger partial charge on any atom is 0.101 e. The van der Waals surface area contributed by atoms with Crippen LogP contribution in [0.1, 0.15) is 11.1 Å². The Labute approximate surface area is 265 Å². The summed E-state index contributed by atoms with van der Waals surface area (Å²) in [5, 5.41) is 21.4. The van der Waals surface area contributed by atoms with Gasteiger partial charge in [-0.05, 0) is 107 Å². The van der Waals surface area contributed by atoms with Crippen molar-refractivity contribution in [2.75, 3.05) is 25.0 Å². The van der Waals surface area contributed by atoms with Crippen LogP contribution < -0.4 is 0 Å². The van der Waals surface area contributed by atoms with E-state index in [-0.39, 0.29) is 0 Å². The summed E-state index contributed by atoms with van der Waals surface area (Å²) in [6.45, 7) is 0. The number of nitrogens with zero attached hydrogens (tertiary/aromatic N) is 2. The molecule has 0 aromatic heterocycles. The minimum Gasteiger partial charge on any atom is -0.192 e. The van der Waals surface area contributed by atoms with Gasteiger partial charge in [0.15, 0.2) is 0 Å². The smallest absolute Gasteiger partial charge is 0.101 e. The lowest BCUT2D eigenvalue weighted by Gasteiger charge is -2.24. The average Bonchev–Trinajstić information content (AvgIpc) is 3.07. The zero-order valence-electron chi connectivity index (χ0n) is 23.8. The normalized spacial score (nSPS) is 10.7. The van der Waals surface area contributed by atoms with Crippen LogP contribution in [-0.2, 0) is 0 Å². The van der Waals surface area contributed by atoms with E-state index in [2.05, 4.69) is 134 Å². The Bertz CT molecular complexity index is 1660. The average molecular weight is 617 g/mol. The molecule has 6 heteroatoms. The lowest BCUT2D eigenvalue weighted by molar-refractivity contribution is 1.39. The topological polar surface area (TPSA) is 47.6 Å². The number of nitriles is 2. The third-order valence-corrected chi connectivity index (χ3v) is 10.2. The molecule has 0 amide bonds. The molecule has 0 aliphatic carbocycles. The van der Waals surface area contributed by atoms with Crippen molar-refractivity contribution in [3.8, 4) is 56.6 Å². The molecule has 0 bridgehead atoms. The van der Waals surface area contributed by atoms with Crippen molar-refractivity contribution in [1.82, 2.24) is 0 Å². The summed E-state index contributed by atoms with van der Waals surface area (Å²) in [6, 6.07) is 38.5. The van der Waals surface area contributed by atoms with E-state index in [9.17, 15) is 10.5 Å². The molecule has 0 saturated carbocycles. The highest BCUT2D eigenvalue weighted by Crippen LogP contribution is 2.50. The standard InChI is InChI=1S/C36H28N2S4/c1-39-27-13-5-23(6-14-27)33-31(21-37)32(22-38)34(24-7-15-28(40-2)16-8-24)36(26-11-19-30(42-4)20-12-26)35(33)25-9-17-29(41-3)18-10-25/h5-20H,1-4H3. The van der Waals surface area contributed by atoms with Crippen LogP contribution in [0.5, 0.6) is 0 Å². The molecule has 0 N–H and O–H groups in total. The van der Waals surface area contributed by atoms with E-state index >= 15 is 0 Å². The highest BCUT2D eigenvalue weighted by Gasteiger charge is 2.27. The molecule has 42 heavy (non-hydrogen) atoms. The van der Waals surface area contributed by atoms with Gasteiger partial charge in [0.2, 0.25) is 0 Å². The van der Waals surface area contributed by atoms with Crippen molar-refractivity contribution in [2.45, 2.75) is 19.6 Å². The molecular weight excluding hydrogens is 589 g/mol. The summed E-state index contributed by atoms with van der Waals surface area (Å²) in [5.41, 5.74) is 8.10. The second-order valence-electron chi connectivity index (χ2n) is 9.39. The van der Waals surface area contributed by atoms with Crippen LogP contribution in [0.2, 0.25) is 0 Å². The van der Waals surface area contributed by atoms with Crippen LogP contribution in [0.25, 0.3) is 44.5 Å². The van der Waals surface area contributed by atoms with Gasteiger partial charge in [-0.25, -0.2) is 0 Å². The van der Waals surface area contributed by atoms with Gasteiger partial charge < -0.3 is 0 Å². The van der Waals surface area contributed by atoms with E-state index in [1.165, 1.54) is 0 Å². The third-order valence-electron chi connectivity index (χ3n) is 7.24. The van der Waals surface area contributed by atoms with Gasteiger partial charge in [0.1, 0.15) is 12.1 Å².